The van der Waals surface area contributed by atoms with Gasteiger partial charge in [-0.25, -0.2) is 4.79 Å². The predicted octanol–water partition coefficient (Wildman–Crippen LogP) is 0.772. The summed E-state index contributed by atoms with van der Waals surface area (Å²) in [7, 11) is 0. The predicted molar refractivity (Wildman–Crippen MR) is 74.0 cm³/mol. The minimum atomic E-state index is -0.547. The Morgan fingerprint density at radius 2 is 1.88 bits per heavy atom. The molecule has 0 fully saturated rings. The van der Waals surface area contributed by atoms with E-state index < -0.39 is 11.2 Å². The van der Waals surface area contributed by atoms with E-state index in [1.165, 1.54) is 10.8 Å². The van der Waals surface area contributed by atoms with Crippen molar-refractivity contribution in [2.75, 3.05) is 5.73 Å². The van der Waals surface area contributed by atoms with Crippen LogP contribution in [-0.2, 0) is 6.54 Å². The van der Waals surface area contributed by atoms with Gasteiger partial charge in [-0.3, -0.25) is 14.3 Å². The summed E-state index contributed by atoms with van der Waals surface area (Å²) in [5.41, 5.74) is 5.47. The molecule has 0 saturated heterocycles. The van der Waals surface area contributed by atoms with Gasteiger partial charge in [0.05, 0.1) is 6.54 Å². The normalized spacial score (nSPS) is 10.4. The van der Waals surface area contributed by atoms with Crippen molar-refractivity contribution in [2.45, 2.75) is 6.54 Å². The third-order valence-corrected chi connectivity index (χ3v) is 3.02. The van der Waals surface area contributed by atoms with E-state index in [0.29, 0.717) is 6.54 Å². The highest BCUT2D eigenvalue weighted by Gasteiger charge is 2.02. The first kappa shape index (κ1) is 11.9. The topological polar surface area (TPSA) is 80.9 Å². The number of nitrogens with two attached hydrogens (primary N) is 1. The fraction of sp³-hybridized carbons (Fsp3) is 0.0909. The maximum Gasteiger partial charge on any atom is 0.328 e. The van der Waals surface area contributed by atoms with Crippen molar-refractivity contribution < 1.29 is 0 Å². The maximum absolute atomic E-state index is 11.5. The molecule has 1 heterocycles. The number of aromatic amines is 1. The largest absolute Gasteiger partial charge is 0.393 e. The van der Waals surface area contributed by atoms with Crippen LogP contribution in [0.25, 0.3) is 0 Å². The highest BCUT2D eigenvalue weighted by molar-refractivity contribution is 14.1. The molecule has 1 aromatic carbocycles. The molecule has 5 nitrogen and oxygen atoms in total. The van der Waals surface area contributed by atoms with Crippen LogP contribution in [0, 0.1) is 3.57 Å². The molecule has 0 unspecified atom stereocenters. The van der Waals surface area contributed by atoms with E-state index in [-0.39, 0.29) is 5.69 Å². The lowest BCUT2D eigenvalue weighted by Gasteiger charge is -2.05. The lowest BCUT2D eigenvalue weighted by atomic mass is 10.2. The highest BCUT2D eigenvalue weighted by atomic mass is 127. The second-order valence-corrected chi connectivity index (χ2v) is 4.84. The average Bonchev–Trinajstić information content (AvgIpc) is 2.29. The van der Waals surface area contributed by atoms with Crippen molar-refractivity contribution in [3.8, 4) is 0 Å². The maximum atomic E-state index is 11.5. The van der Waals surface area contributed by atoms with Crippen molar-refractivity contribution in [3.63, 3.8) is 0 Å². The number of halogens is 1. The van der Waals surface area contributed by atoms with Gasteiger partial charge in [0.25, 0.3) is 5.56 Å². The van der Waals surface area contributed by atoms with Gasteiger partial charge in [-0.1, -0.05) is 12.1 Å². The molecule has 3 N–H and O–H groups in total. The molecule has 0 aliphatic rings. The molecule has 0 aliphatic carbocycles. The first-order valence-corrected chi connectivity index (χ1v) is 5.98. The van der Waals surface area contributed by atoms with Crippen LogP contribution in [0.15, 0.2) is 40.1 Å². The molecule has 2 rings (SSSR count). The summed E-state index contributed by atoms with van der Waals surface area (Å²) >= 11 is 2.21. The molecule has 0 aliphatic heterocycles. The van der Waals surface area contributed by atoms with E-state index in [1.807, 2.05) is 24.3 Å². The first-order valence-electron chi connectivity index (χ1n) is 4.90. The second-order valence-electron chi connectivity index (χ2n) is 3.60. The van der Waals surface area contributed by atoms with Gasteiger partial charge in [-0.2, -0.15) is 0 Å². The first-order chi connectivity index (χ1) is 8.06. The number of rotatable bonds is 2. The number of hydrogen-bond acceptors (Lipinski definition) is 3. The number of anilines is 1. The molecule has 0 radical (unpaired) electrons. The van der Waals surface area contributed by atoms with Crippen molar-refractivity contribution >= 4 is 28.3 Å². The molecule has 17 heavy (non-hydrogen) atoms. The lowest BCUT2D eigenvalue weighted by molar-refractivity contribution is 0.723. The van der Waals surface area contributed by atoms with Crippen LogP contribution in [0.2, 0.25) is 0 Å². The summed E-state index contributed by atoms with van der Waals surface area (Å²) in [6.45, 7) is 0.386. The van der Waals surface area contributed by atoms with E-state index in [0.717, 1.165) is 9.13 Å². The number of nitrogens with one attached hydrogen (secondary N) is 1. The van der Waals surface area contributed by atoms with Gasteiger partial charge in [0.15, 0.2) is 0 Å². The summed E-state index contributed by atoms with van der Waals surface area (Å²) in [4.78, 5) is 24.8. The van der Waals surface area contributed by atoms with Crippen LogP contribution in [0.4, 0.5) is 5.69 Å². The van der Waals surface area contributed by atoms with Gasteiger partial charge in [-0.15, -0.1) is 0 Å². The van der Waals surface area contributed by atoms with E-state index in [2.05, 4.69) is 27.6 Å². The van der Waals surface area contributed by atoms with Crippen molar-refractivity contribution in [3.05, 3.63) is 60.4 Å². The van der Waals surface area contributed by atoms with Gasteiger partial charge < -0.3 is 5.73 Å². The Kier molecular flexibility index (Phi) is 3.32. The van der Waals surface area contributed by atoms with E-state index >= 15 is 0 Å². The van der Waals surface area contributed by atoms with Gasteiger partial charge >= 0.3 is 5.69 Å². The lowest BCUT2D eigenvalue weighted by Crippen LogP contribution is -2.31. The minimum Gasteiger partial charge on any atom is -0.393 e. The SMILES string of the molecule is Nc1cn(Cc2ccc(I)cc2)c(=O)[nH]c1=O. The zero-order chi connectivity index (χ0) is 12.4. The summed E-state index contributed by atoms with van der Waals surface area (Å²) in [6.07, 6.45) is 1.36. The molecule has 0 spiro atoms. The summed E-state index contributed by atoms with van der Waals surface area (Å²) in [5, 5.41) is 0. The Labute approximate surface area is 110 Å². The summed E-state index contributed by atoms with van der Waals surface area (Å²) < 4.78 is 2.50. The number of aromatic nitrogens is 2. The van der Waals surface area contributed by atoms with E-state index in [4.69, 9.17) is 5.73 Å². The monoisotopic (exact) mass is 343 g/mol. The highest BCUT2D eigenvalue weighted by Crippen LogP contribution is 2.07. The van der Waals surface area contributed by atoms with Gasteiger partial charge in [0.2, 0.25) is 0 Å². The summed E-state index contributed by atoms with van der Waals surface area (Å²) in [6, 6.07) is 7.76. The van der Waals surface area contributed by atoms with Crippen LogP contribution in [0.5, 0.6) is 0 Å². The molecule has 0 bridgehead atoms. The molecule has 0 amide bonds. The Morgan fingerprint density at radius 3 is 2.53 bits per heavy atom. The molecule has 0 atom stereocenters. The van der Waals surface area contributed by atoms with Crippen LogP contribution in [0.3, 0.4) is 0 Å². The third kappa shape index (κ3) is 2.76. The van der Waals surface area contributed by atoms with Gasteiger partial charge in [-0.05, 0) is 40.3 Å². The summed E-state index contributed by atoms with van der Waals surface area (Å²) in [5.74, 6) is 0. The average molecular weight is 343 g/mol. The van der Waals surface area contributed by atoms with Gasteiger partial charge in [0, 0.05) is 9.77 Å². The smallest absolute Gasteiger partial charge is 0.328 e. The zero-order valence-corrected chi connectivity index (χ0v) is 11.0. The Hall–Kier alpha value is -1.57. The Morgan fingerprint density at radius 1 is 1.24 bits per heavy atom. The molecule has 2 aromatic rings. The molecule has 88 valence electrons. The standard InChI is InChI=1S/C11H10IN3O2/c12-8-3-1-7(2-4-8)5-15-6-9(13)10(16)14-11(15)17/h1-4,6H,5,13H2,(H,14,16,17). The minimum absolute atomic E-state index is 0.0371. The number of benzene rings is 1. The molecule has 0 saturated carbocycles. The Bertz CT molecular complexity index is 643. The van der Waals surface area contributed by atoms with E-state index in [1.54, 1.807) is 0 Å². The molecule has 1 aromatic heterocycles. The van der Waals surface area contributed by atoms with Crippen molar-refractivity contribution in [1.82, 2.24) is 9.55 Å². The number of nitrogens with zero attached hydrogens (tertiary/aromatic N) is 1. The van der Waals surface area contributed by atoms with Crippen LogP contribution in [-0.4, -0.2) is 9.55 Å². The fourth-order valence-corrected chi connectivity index (χ4v) is 1.79. The molecular formula is C11H10IN3O2. The van der Waals surface area contributed by atoms with Crippen LogP contribution in [0.1, 0.15) is 5.56 Å². The fourth-order valence-electron chi connectivity index (χ4n) is 1.43. The van der Waals surface area contributed by atoms with Crippen LogP contribution >= 0.6 is 22.6 Å². The number of H-pyrrole nitrogens is 1. The zero-order valence-electron chi connectivity index (χ0n) is 8.81. The second kappa shape index (κ2) is 4.74. The van der Waals surface area contributed by atoms with E-state index in [9.17, 15) is 9.59 Å². The van der Waals surface area contributed by atoms with Crippen molar-refractivity contribution in [1.29, 1.82) is 0 Å². The number of hydrogen-bond donors (Lipinski definition) is 2. The Balaban J connectivity index is 2.36. The van der Waals surface area contributed by atoms with Crippen LogP contribution < -0.4 is 17.0 Å². The van der Waals surface area contributed by atoms with Gasteiger partial charge in [0.1, 0.15) is 5.69 Å². The van der Waals surface area contributed by atoms with Crippen molar-refractivity contribution in [2.24, 2.45) is 0 Å². The quantitative estimate of drug-likeness (QED) is 0.791. The third-order valence-electron chi connectivity index (χ3n) is 2.30. The molecule has 6 heteroatoms. The number of nitrogen functional groups attached to an aromatic ring is 1. The molecular weight excluding hydrogens is 333 g/mol.